The summed E-state index contributed by atoms with van der Waals surface area (Å²) in [5, 5.41) is 37.3. The standard InChI is InChI=1S/C47H47N9O5S2/c1-25(2)42(45(60)56-21-32(57)13-37(56)44(59)51-26(3)28-9-11-29(12-10-28)43-27(4)50-24-62-43)39-14-34(54-61-39)31-19-48-46(49-20-31)55-22-47(23-55)17-30(18-47)40-16-36-41(63-40)15-35(52-53-36)33-7-5-6-8-38(33)58/h5-12,14-16,19-20,24-26,30,32,37,42,57-58H,13,17-18,21-23H2,1-4H3,(H,51,59)/t26-,32+,37-,42+/m0/s1. The second-order valence-corrected chi connectivity index (χ2v) is 19.7. The lowest BCUT2D eigenvalue weighted by Gasteiger charge is -2.59. The third-order valence-electron chi connectivity index (χ3n) is 12.9. The molecule has 322 valence electrons. The van der Waals surface area contributed by atoms with Gasteiger partial charge < -0.3 is 29.9 Å². The molecule has 7 aromatic rings. The van der Waals surface area contributed by atoms with Crippen molar-refractivity contribution in [2.75, 3.05) is 24.5 Å². The number of phenolic OH excluding ortho intramolecular Hbond substituents is 1. The molecule has 2 aromatic carbocycles. The van der Waals surface area contributed by atoms with Gasteiger partial charge in [0.1, 0.15) is 34.7 Å². The number of aliphatic hydroxyl groups is 1. The van der Waals surface area contributed by atoms with Crippen molar-refractivity contribution in [2.24, 2.45) is 11.3 Å². The Kier molecular flexibility index (Phi) is 10.5. The van der Waals surface area contributed by atoms with Crippen LogP contribution in [0.3, 0.4) is 0 Å². The zero-order chi connectivity index (χ0) is 43.6. The Labute approximate surface area is 372 Å². The minimum absolute atomic E-state index is 0.0507. The summed E-state index contributed by atoms with van der Waals surface area (Å²) in [6.07, 6.45) is 4.97. The largest absolute Gasteiger partial charge is 0.507 e. The predicted molar refractivity (Wildman–Crippen MR) is 241 cm³/mol. The average molecular weight is 882 g/mol. The van der Waals surface area contributed by atoms with Crippen molar-refractivity contribution in [3.8, 4) is 38.7 Å². The van der Waals surface area contributed by atoms with E-state index in [4.69, 9.17) is 4.52 Å². The fraction of sp³-hybridized carbons (Fsp3) is 0.362. The fourth-order valence-electron chi connectivity index (χ4n) is 9.53. The van der Waals surface area contributed by atoms with Gasteiger partial charge in [-0.25, -0.2) is 15.0 Å². The van der Waals surface area contributed by atoms with Crippen LogP contribution in [0, 0.1) is 18.3 Å². The first kappa shape index (κ1) is 40.9. The highest BCUT2D eigenvalue weighted by Crippen LogP contribution is 2.58. The van der Waals surface area contributed by atoms with Gasteiger partial charge >= 0.3 is 0 Å². The van der Waals surface area contributed by atoms with E-state index in [2.05, 4.69) is 46.6 Å². The third kappa shape index (κ3) is 7.73. The molecule has 1 spiro atoms. The topological polar surface area (TPSA) is 184 Å². The van der Waals surface area contributed by atoms with Crippen molar-refractivity contribution in [3.63, 3.8) is 0 Å². The summed E-state index contributed by atoms with van der Waals surface area (Å²) in [6, 6.07) is 20.0. The molecule has 4 atom stereocenters. The SMILES string of the molecule is Cc1ncsc1-c1ccc([C@H](C)NC(=O)[C@@H]2C[C@@H](O)CN2C(=O)[C@@H](c2cc(-c3cnc(N4CC5(CC(c6cc7nnc(-c8ccccc8O)cc7s6)C5)C4)nc3)no2)C(C)C)cc1. The summed E-state index contributed by atoms with van der Waals surface area (Å²) in [6.45, 7) is 9.59. The van der Waals surface area contributed by atoms with Crippen LogP contribution < -0.4 is 10.2 Å². The number of likely N-dealkylation sites (tertiary alicyclic amines) is 1. The number of phenols is 1. The number of anilines is 1. The minimum Gasteiger partial charge on any atom is -0.507 e. The highest BCUT2D eigenvalue weighted by Gasteiger charge is 2.53. The number of aliphatic hydroxyl groups excluding tert-OH is 1. The van der Waals surface area contributed by atoms with E-state index in [1.165, 1.54) is 9.78 Å². The number of para-hydroxylation sites is 1. The normalized spacial score (nSPS) is 19.3. The van der Waals surface area contributed by atoms with Crippen LogP contribution in [0.25, 0.3) is 43.2 Å². The Morgan fingerprint density at radius 3 is 2.41 bits per heavy atom. The lowest BCUT2D eigenvalue weighted by Crippen LogP contribution is -2.62. The van der Waals surface area contributed by atoms with Crippen molar-refractivity contribution >= 4 is 50.7 Å². The molecule has 0 radical (unpaired) electrons. The van der Waals surface area contributed by atoms with E-state index < -0.39 is 18.1 Å². The first-order valence-electron chi connectivity index (χ1n) is 21.3. The number of aryl methyl sites for hydroxylation is 1. The lowest BCUT2D eigenvalue weighted by atomic mass is 9.57. The molecule has 0 bridgehead atoms. The highest BCUT2D eigenvalue weighted by molar-refractivity contribution is 7.19. The molecule has 10 rings (SSSR count). The molecule has 2 amide bonds. The molecule has 5 aromatic heterocycles. The second-order valence-electron chi connectivity index (χ2n) is 17.7. The molecule has 1 saturated carbocycles. The molecule has 1 aliphatic carbocycles. The summed E-state index contributed by atoms with van der Waals surface area (Å²) in [5.74, 6) is 0.194. The molecule has 14 nitrogen and oxygen atoms in total. The number of hydrogen-bond donors (Lipinski definition) is 3. The van der Waals surface area contributed by atoms with Gasteiger partial charge in [-0.1, -0.05) is 55.4 Å². The van der Waals surface area contributed by atoms with Crippen molar-refractivity contribution in [1.29, 1.82) is 0 Å². The molecule has 7 heterocycles. The van der Waals surface area contributed by atoms with Crippen LogP contribution >= 0.6 is 22.7 Å². The first-order valence-corrected chi connectivity index (χ1v) is 23.0. The van der Waals surface area contributed by atoms with Crippen LogP contribution in [0.4, 0.5) is 5.95 Å². The number of nitrogens with one attached hydrogen (secondary N) is 1. The van der Waals surface area contributed by atoms with Gasteiger partial charge in [-0.05, 0) is 73.9 Å². The molecule has 3 fully saturated rings. The molecule has 3 N–H and O–H groups in total. The quantitative estimate of drug-likeness (QED) is 0.114. The van der Waals surface area contributed by atoms with E-state index in [-0.39, 0.29) is 47.9 Å². The van der Waals surface area contributed by atoms with E-state index in [0.717, 1.165) is 57.8 Å². The molecule has 63 heavy (non-hydrogen) atoms. The van der Waals surface area contributed by atoms with Gasteiger partial charge in [-0.3, -0.25) is 9.59 Å². The summed E-state index contributed by atoms with van der Waals surface area (Å²) in [4.78, 5) is 47.9. The lowest BCUT2D eigenvalue weighted by molar-refractivity contribution is -0.141. The van der Waals surface area contributed by atoms with Crippen molar-refractivity contribution < 1.29 is 24.3 Å². The van der Waals surface area contributed by atoms with E-state index in [0.29, 0.717) is 40.1 Å². The zero-order valence-corrected chi connectivity index (χ0v) is 36.9. The van der Waals surface area contributed by atoms with Crippen molar-refractivity contribution in [1.82, 2.24) is 40.5 Å². The number of β-amino-alcohol motifs (C(OH)–C–C–N with tert-alkyl or cyclic N) is 1. The van der Waals surface area contributed by atoms with Gasteiger partial charge in [0.05, 0.1) is 38.6 Å². The molecule has 2 aliphatic heterocycles. The summed E-state index contributed by atoms with van der Waals surface area (Å²) in [5.41, 5.74) is 8.46. The number of fused-ring (bicyclic) bond motifs is 1. The van der Waals surface area contributed by atoms with Crippen LogP contribution in [0.5, 0.6) is 5.75 Å². The van der Waals surface area contributed by atoms with E-state index >= 15 is 0 Å². The Morgan fingerprint density at radius 1 is 0.937 bits per heavy atom. The zero-order valence-electron chi connectivity index (χ0n) is 35.3. The number of aromatic hydroxyl groups is 1. The number of thiazole rings is 1. The average Bonchev–Trinajstić information content (AvgIpc) is 4.07. The highest BCUT2D eigenvalue weighted by atomic mass is 32.1. The van der Waals surface area contributed by atoms with Gasteiger partial charge in [0.2, 0.25) is 17.8 Å². The fourth-order valence-corrected chi connectivity index (χ4v) is 11.5. The summed E-state index contributed by atoms with van der Waals surface area (Å²) in [7, 11) is 0. The van der Waals surface area contributed by atoms with Gasteiger partial charge in [0, 0.05) is 65.9 Å². The van der Waals surface area contributed by atoms with Gasteiger partial charge in [-0.2, -0.15) is 0 Å². The van der Waals surface area contributed by atoms with Crippen molar-refractivity contribution in [2.45, 2.75) is 77.0 Å². The number of rotatable bonds is 11. The number of thiophene rings is 1. The third-order valence-corrected chi connectivity index (χ3v) is 15.1. The van der Waals surface area contributed by atoms with Gasteiger partial charge in [0.15, 0.2) is 0 Å². The molecular formula is C47H47N9O5S2. The van der Waals surface area contributed by atoms with Gasteiger partial charge in [0.25, 0.3) is 0 Å². The molecular weight excluding hydrogens is 835 g/mol. The Bertz CT molecular complexity index is 2810. The monoisotopic (exact) mass is 881 g/mol. The number of aromatic nitrogens is 6. The molecule has 3 aliphatic rings. The predicted octanol–water partition coefficient (Wildman–Crippen LogP) is 7.90. The Hall–Kier alpha value is -6.10. The van der Waals surface area contributed by atoms with Gasteiger partial charge in [-0.15, -0.1) is 32.9 Å². The van der Waals surface area contributed by atoms with Crippen LogP contribution in [0.1, 0.15) is 79.8 Å². The van der Waals surface area contributed by atoms with Crippen LogP contribution in [-0.2, 0) is 9.59 Å². The maximum Gasteiger partial charge on any atom is 0.243 e. The number of amides is 2. The van der Waals surface area contributed by atoms with Crippen LogP contribution in [0.15, 0.2) is 89.2 Å². The maximum atomic E-state index is 14.3. The number of hydrogen-bond acceptors (Lipinski definition) is 14. The minimum atomic E-state index is -0.832. The Balaban J connectivity index is 0.752. The number of nitrogens with zero attached hydrogens (tertiary/aromatic N) is 8. The van der Waals surface area contributed by atoms with Crippen LogP contribution in [0.2, 0.25) is 0 Å². The molecule has 16 heteroatoms. The smallest absolute Gasteiger partial charge is 0.243 e. The number of benzene rings is 2. The number of carbonyl (C=O) groups excluding carboxylic acids is 2. The molecule has 2 saturated heterocycles. The van der Waals surface area contributed by atoms with E-state index in [1.807, 2.05) is 75.7 Å². The number of carbonyl (C=O) groups is 2. The summed E-state index contributed by atoms with van der Waals surface area (Å²) < 4.78 is 6.89. The first-order chi connectivity index (χ1) is 30.4. The van der Waals surface area contributed by atoms with Crippen molar-refractivity contribution in [3.05, 3.63) is 107 Å². The molecule has 0 unspecified atom stereocenters. The maximum absolute atomic E-state index is 14.3. The van der Waals surface area contributed by atoms with E-state index in [1.54, 1.807) is 53.3 Å². The van der Waals surface area contributed by atoms with Crippen LogP contribution in [-0.4, -0.2) is 89.0 Å². The second kappa shape index (κ2) is 16.2. The Morgan fingerprint density at radius 2 is 1.70 bits per heavy atom. The van der Waals surface area contributed by atoms with E-state index in [9.17, 15) is 19.8 Å². The summed E-state index contributed by atoms with van der Waals surface area (Å²) >= 11 is 3.35.